The molecule has 0 aliphatic rings. The van der Waals surface area contributed by atoms with Crippen LogP contribution in [0.2, 0.25) is 0 Å². The van der Waals surface area contributed by atoms with Crippen LogP contribution < -0.4 is 10.2 Å². The summed E-state index contributed by atoms with van der Waals surface area (Å²) in [4.78, 5) is 18.3. The van der Waals surface area contributed by atoms with E-state index in [9.17, 15) is 0 Å². The Hall–Kier alpha value is -0.737. The zero-order chi connectivity index (χ0) is 22.6. The second-order valence-corrected chi connectivity index (χ2v) is 7.07. The molecule has 1 N–H and O–H groups in total. The van der Waals surface area contributed by atoms with Gasteiger partial charge in [-0.25, -0.2) is 0 Å². The number of carbonyl (C=O) groups is 2. The van der Waals surface area contributed by atoms with Crippen LogP contribution in [-0.4, -0.2) is 23.7 Å². The number of aliphatic hydroxyl groups excluding tert-OH is 1. The van der Waals surface area contributed by atoms with Gasteiger partial charge in [0.2, 0.25) is 0 Å². The third-order valence-electron chi connectivity index (χ3n) is 4.35. The molecule has 0 aromatic rings. The fourth-order valence-electron chi connectivity index (χ4n) is 2.66. The van der Waals surface area contributed by atoms with E-state index >= 15 is 0 Å². The second kappa shape index (κ2) is 35.7. The summed E-state index contributed by atoms with van der Waals surface area (Å²) >= 11 is 0. The Balaban J connectivity index is -0.000000254. The van der Waals surface area contributed by atoms with Crippen molar-refractivity contribution < 1.29 is 51.1 Å². The van der Waals surface area contributed by atoms with E-state index in [4.69, 9.17) is 24.9 Å². The van der Waals surface area contributed by atoms with Crippen LogP contribution in [0.15, 0.2) is 25.3 Å². The Labute approximate surface area is 204 Å². The summed E-state index contributed by atoms with van der Waals surface area (Å²) < 4.78 is 0. The van der Waals surface area contributed by atoms with Crippen molar-refractivity contribution >= 4 is 11.9 Å². The molecule has 0 unspecified atom stereocenters. The van der Waals surface area contributed by atoms with Gasteiger partial charge in [-0.3, -0.25) is 0 Å². The maximum absolute atomic E-state index is 9.14. The molecule has 0 heterocycles. The average Bonchev–Trinajstić information content (AvgIpc) is 2.71. The van der Waals surface area contributed by atoms with Crippen LogP contribution in [0.3, 0.4) is 0 Å². The van der Waals surface area contributed by atoms with E-state index < -0.39 is 11.9 Å². The SMILES string of the molecule is C=CC(=O)[O-].C=CC(=O)[O-].CCCCCCCCCCCCCCCCCCO.[Zr+2]. The molecular weight excluding hydrogens is 459 g/mol. The van der Waals surface area contributed by atoms with Crippen LogP contribution in [0.25, 0.3) is 0 Å². The molecule has 5 nitrogen and oxygen atoms in total. The van der Waals surface area contributed by atoms with Crippen molar-refractivity contribution in [1.82, 2.24) is 0 Å². The standard InChI is InChI=1S/C18H38O.2C3H4O2.Zr/c1-2-3-4-5-6-7-8-9-10-11-12-13-14-15-16-17-18-19;2*1-2-3(4)5;/h19H,2-18H2,1H3;2*2H,1H2,(H,4,5);/q;;;+2/p-2. The Kier molecular flexibility index (Phi) is 43.6. The minimum Gasteiger partial charge on any atom is -0.545 e. The number of aliphatic hydroxyl groups is 1. The second-order valence-electron chi connectivity index (χ2n) is 7.07. The van der Waals surface area contributed by atoms with Gasteiger partial charge in [0.25, 0.3) is 0 Å². The van der Waals surface area contributed by atoms with Gasteiger partial charge in [0.15, 0.2) is 0 Å². The summed E-state index contributed by atoms with van der Waals surface area (Å²) in [5, 5.41) is 26.9. The molecule has 0 rings (SSSR count). The number of carboxylic acid groups (broad SMARTS) is 2. The maximum Gasteiger partial charge on any atom is 2.00 e. The van der Waals surface area contributed by atoms with Gasteiger partial charge in [0, 0.05) is 6.61 Å². The van der Waals surface area contributed by atoms with Crippen LogP contribution in [0.5, 0.6) is 0 Å². The number of aliphatic carboxylic acids is 2. The molecular formula is C24H44O5Zr. The van der Waals surface area contributed by atoms with E-state index in [1.807, 2.05) is 0 Å². The Morgan fingerprint density at radius 1 is 0.633 bits per heavy atom. The first-order valence-electron chi connectivity index (χ1n) is 11.2. The molecule has 0 aromatic carbocycles. The number of rotatable bonds is 18. The van der Waals surface area contributed by atoms with E-state index in [2.05, 4.69) is 20.1 Å². The van der Waals surface area contributed by atoms with Crippen molar-refractivity contribution in [2.75, 3.05) is 6.61 Å². The third kappa shape index (κ3) is 50.7. The zero-order valence-corrected chi connectivity index (χ0v) is 21.6. The third-order valence-corrected chi connectivity index (χ3v) is 4.35. The number of carboxylic acids is 2. The first kappa shape index (κ1) is 36.6. The fourth-order valence-corrected chi connectivity index (χ4v) is 2.66. The number of hydrogen-bond donors (Lipinski definition) is 1. The average molecular weight is 504 g/mol. The molecule has 0 atom stereocenters. The van der Waals surface area contributed by atoms with Crippen LogP contribution >= 0.6 is 0 Å². The summed E-state index contributed by atoms with van der Waals surface area (Å²) in [5.41, 5.74) is 0. The van der Waals surface area contributed by atoms with Gasteiger partial charge in [-0.05, 0) is 18.6 Å². The Morgan fingerprint density at radius 2 is 0.833 bits per heavy atom. The monoisotopic (exact) mass is 502 g/mol. The van der Waals surface area contributed by atoms with Crippen LogP contribution in [-0.2, 0) is 35.8 Å². The van der Waals surface area contributed by atoms with Gasteiger partial charge in [-0.15, -0.1) is 0 Å². The van der Waals surface area contributed by atoms with Crippen LogP contribution in [0.1, 0.15) is 110 Å². The quantitative estimate of drug-likeness (QED) is 0.224. The van der Waals surface area contributed by atoms with Crippen molar-refractivity contribution in [3.05, 3.63) is 25.3 Å². The Morgan fingerprint density at radius 3 is 1.00 bits per heavy atom. The van der Waals surface area contributed by atoms with E-state index in [1.165, 1.54) is 96.3 Å². The largest absolute Gasteiger partial charge is 2.00 e. The minimum absolute atomic E-state index is 0. The predicted octanol–water partition coefficient (Wildman–Crippen LogP) is 4.08. The van der Waals surface area contributed by atoms with Crippen molar-refractivity contribution in [3.8, 4) is 0 Å². The fraction of sp³-hybridized carbons (Fsp3) is 0.750. The molecule has 0 saturated heterocycles. The van der Waals surface area contributed by atoms with Gasteiger partial charge in [0.05, 0.1) is 11.9 Å². The molecule has 0 aromatic heterocycles. The summed E-state index contributed by atoms with van der Waals surface area (Å²) in [6.07, 6.45) is 23.6. The summed E-state index contributed by atoms with van der Waals surface area (Å²) in [5.74, 6) is -2.46. The molecule has 0 radical (unpaired) electrons. The van der Waals surface area contributed by atoms with Crippen LogP contribution in [0.4, 0.5) is 0 Å². The molecule has 0 aliphatic carbocycles. The number of unbranched alkanes of at least 4 members (excludes halogenated alkanes) is 15. The molecule has 0 aliphatic heterocycles. The first-order valence-corrected chi connectivity index (χ1v) is 11.2. The van der Waals surface area contributed by atoms with Crippen molar-refractivity contribution in [2.45, 2.75) is 110 Å². The first-order chi connectivity index (χ1) is 14.0. The number of hydrogen-bond acceptors (Lipinski definition) is 5. The van der Waals surface area contributed by atoms with Crippen molar-refractivity contribution in [3.63, 3.8) is 0 Å². The van der Waals surface area contributed by atoms with Crippen molar-refractivity contribution in [1.29, 1.82) is 0 Å². The maximum atomic E-state index is 9.14. The van der Waals surface area contributed by atoms with Gasteiger partial charge in [0.1, 0.15) is 0 Å². The summed E-state index contributed by atoms with van der Waals surface area (Å²) in [6, 6.07) is 0. The molecule has 0 amide bonds. The normalized spacial score (nSPS) is 9.13. The molecule has 0 spiro atoms. The smallest absolute Gasteiger partial charge is 0.545 e. The molecule has 6 heteroatoms. The summed E-state index contributed by atoms with van der Waals surface area (Å²) in [7, 11) is 0. The minimum atomic E-state index is -1.23. The summed E-state index contributed by atoms with van der Waals surface area (Å²) in [6.45, 7) is 8.45. The van der Waals surface area contributed by atoms with E-state index in [1.54, 1.807) is 0 Å². The molecule has 174 valence electrons. The Bertz CT molecular complexity index is 339. The van der Waals surface area contributed by atoms with Gasteiger partial charge >= 0.3 is 26.2 Å². The molecule has 0 saturated carbocycles. The zero-order valence-electron chi connectivity index (χ0n) is 19.2. The molecule has 0 fully saturated rings. The van der Waals surface area contributed by atoms with Crippen LogP contribution in [0, 0.1) is 0 Å². The van der Waals surface area contributed by atoms with E-state index in [-0.39, 0.29) is 26.2 Å². The van der Waals surface area contributed by atoms with Gasteiger partial charge < -0.3 is 24.9 Å². The van der Waals surface area contributed by atoms with Crippen molar-refractivity contribution in [2.24, 2.45) is 0 Å². The van der Waals surface area contributed by atoms with Gasteiger partial charge in [-0.2, -0.15) is 0 Å². The van der Waals surface area contributed by atoms with Gasteiger partial charge in [-0.1, -0.05) is 116 Å². The topological polar surface area (TPSA) is 100 Å². The van der Waals surface area contributed by atoms with E-state index in [0.717, 1.165) is 18.6 Å². The predicted molar refractivity (Wildman–Crippen MR) is 117 cm³/mol. The molecule has 0 bridgehead atoms. The number of carbonyl (C=O) groups excluding carboxylic acids is 2. The van der Waals surface area contributed by atoms with E-state index in [0.29, 0.717) is 6.61 Å². The molecule has 30 heavy (non-hydrogen) atoms.